The van der Waals surface area contributed by atoms with Gasteiger partial charge in [0.25, 0.3) is 0 Å². The number of hydrogen-bond donors (Lipinski definition) is 2. The van der Waals surface area contributed by atoms with Gasteiger partial charge < -0.3 is 25.0 Å². The van der Waals surface area contributed by atoms with E-state index in [1.54, 1.807) is 19.2 Å². The Morgan fingerprint density at radius 1 is 1.27 bits per heavy atom. The molecule has 0 saturated carbocycles. The molecule has 1 aromatic rings. The van der Waals surface area contributed by atoms with Crippen LogP contribution in [0.5, 0.6) is 11.5 Å². The SMILES string of the molecule is CN=C(NCc1cc(OC)ccc1OC(F)F)NCC(C)(C)N(C)C.I. The van der Waals surface area contributed by atoms with Crippen LogP contribution in [0, 0.1) is 0 Å². The van der Waals surface area contributed by atoms with Crippen LogP contribution < -0.4 is 20.1 Å². The van der Waals surface area contributed by atoms with E-state index in [0.29, 0.717) is 23.8 Å². The van der Waals surface area contributed by atoms with Crippen LogP contribution in [-0.4, -0.2) is 57.8 Å². The second-order valence-electron chi connectivity index (χ2n) is 6.34. The number of alkyl halides is 2. The fourth-order valence-electron chi connectivity index (χ4n) is 1.89. The Morgan fingerprint density at radius 3 is 2.42 bits per heavy atom. The van der Waals surface area contributed by atoms with E-state index in [1.807, 2.05) is 14.1 Å². The van der Waals surface area contributed by atoms with Crippen LogP contribution >= 0.6 is 24.0 Å². The summed E-state index contributed by atoms with van der Waals surface area (Å²) in [7, 11) is 7.17. The van der Waals surface area contributed by atoms with Gasteiger partial charge >= 0.3 is 6.61 Å². The minimum Gasteiger partial charge on any atom is -0.497 e. The van der Waals surface area contributed by atoms with Gasteiger partial charge in [0.05, 0.1) is 7.11 Å². The Labute approximate surface area is 171 Å². The molecule has 1 aromatic carbocycles. The summed E-state index contributed by atoms with van der Waals surface area (Å²) in [6.07, 6.45) is 0. The summed E-state index contributed by atoms with van der Waals surface area (Å²) in [6.45, 7) is 2.25. The molecule has 0 bridgehead atoms. The lowest BCUT2D eigenvalue weighted by Gasteiger charge is -2.33. The topological polar surface area (TPSA) is 58.1 Å². The highest BCUT2D eigenvalue weighted by Crippen LogP contribution is 2.25. The number of guanidine groups is 1. The van der Waals surface area contributed by atoms with Gasteiger partial charge in [-0.05, 0) is 46.1 Å². The Bertz CT molecular complexity index is 584. The third kappa shape index (κ3) is 7.90. The Morgan fingerprint density at radius 2 is 1.92 bits per heavy atom. The highest BCUT2D eigenvalue weighted by atomic mass is 127. The molecule has 0 heterocycles. The standard InChI is InChI=1S/C17H28F2N4O2.HI/c1-17(2,23(4)5)11-22-16(20-3)21-10-12-9-13(24-6)7-8-14(12)25-15(18)19;/h7-9,15H,10-11H2,1-6H3,(H2,20,21,22);1H. The van der Waals surface area contributed by atoms with Crippen molar-refractivity contribution in [3.8, 4) is 11.5 Å². The highest BCUT2D eigenvalue weighted by Gasteiger charge is 2.20. The number of benzene rings is 1. The van der Waals surface area contributed by atoms with Gasteiger partial charge in [-0.3, -0.25) is 4.99 Å². The second kappa shape index (κ2) is 11.4. The summed E-state index contributed by atoms with van der Waals surface area (Å²) in [5.41, 5.74) is 0.479. The first-order valence-corrected chi connectivity index (χ1v) is 7.93. The molecule has 0 amide bonds. The minimum absolute atomic E-state index is 0. The number of ether oxygens (including phenoxy) is 2. The van der Waals surface area contributed by atoms with Crippen molar-refractivity contribution in [3.63, 3.8) is 0 Å². The van der Waals surface area contributed by atoms with Crippen LogP contribution in [0.15, 0.2) is 23.2 Å². The zero-order chi connectivity index (χ0) is 19.0. The molecule has 0 aliphatic carbocycles. The average Bonchev–Trinajstić information content (AvgIpc) is 2.55. The molecular weight excluding hydrogens is 457 g/mol. The van der Waals surface area contributed by atoms with Crippen LogP contribution in [-0.2, 0) is 6.54 Å². The highest BCUT2D eigenvalue weighted by molar-refractivity contribution is 14.0. The third-order valence-corrected chi connectivity index (χ3v) is 4.05. The van der Waals surface area contributed by atoms with E-state index in [1.165, 1.54) is 13.2 Å². The molecule has 6 nitrogen and oxygen atoms in total. The first kappa shape index (κ1) is 24.6. The van der Waals surface area contributed by atoms with E-state index in [9.17, 15) is 8.78 Å². The summed E-state index contributed by atoms with van der Waals surface area (Å²) in [5.74, 6) is 1.24. The number of rotatable bonds is 8. The molecule has 0 aromatic heterocycles. The van der Waals surface area contributed by atoms with Gasteiger partial charge in [0.1, 0.15) is 11.5 Å². The Kier molecular flexibility index (Phi) is 10.8. The van der Waals surface area contributed by atoms with Gasteiger partial charge in [-0.25, -0.2) is 0 Å². The van der Waals surface area contributed by atoms with Crippen LogP contribution in [0.25, 0.3) is 0 Å². The molecule has 1 rings (SSSR count). The maximum absolute atomic E-state index is 12.6. The Hall–Kier alpha value is -1.36. The number of nitrogens with zero attached hydrogens (tertiary/aromatic N) is 2. The van der Waals surface area contributed by atoms with Crippen molar-refractivity contribution in [1.29, 1.82) is 0 Å². The van der Waals surface area contributed by atoms with Gasteiger partial charge in [-0.1, -0.05) is 0 Å². The molecular formula is C17H29F2IN4O2. The molecule has 0 radical (unpaired) electrons. The van der Waals surface area contributed by atoms with Gasteiger partial charge in [0.15, 0.2) is 5.96 Å². The van der Waals surface area contributed by atoms with Crippen molar-refractivity contribution in [1.82, 2.24) is 15.5 Å². The monoisotopic (exact) mass is 486 g/mol. The van der Waals surface area contributed by atoms with Gasteiger partial charge in [0.2, 0.25) is 0 Å². The summed E-state index contributed by atoms with van der Waals surface area (Å²) >= 11 is 0. The average molecular weight is 486 g/mol. The van der Waals surface area contributed by atoms with Gasteiger partial charge in [-0.15, -0.1) is 24.0 Å². The molecule has 0 aliphatic rings. The van der Waals surface area contributed by atoms with Crippen LogP contribution in [0.4, 0.5) is 8.78 Å². The summed E-state index contributed by atoms with van der Waals surface area (Å²) in [5, 5.41) is 6.33. The summed E-state index contributed by atoms with van der Waals surface area (Å²) < 4.78 is 34.8. The van der Waals surface area contributed by atoms with Crippen molar-refractivity contribution in [3.05, 3.63) is 23.8 Å². The number of nitrogens with one attached hydrogen (secondary N) is 2. The minimum atomic E-state index is -2.88. The van der Waals surface area contributed by atoms with E-state index >= 15 is 0 Å². The molecule has 0 spiro atoms. The zero-order valence-electron chi connectivity index (χ0n) is 16.1. The lowest BCUT2D eigenvalue weighted by molar-refractivity contribution is -0.0505. The smallest absolute Gasteiger partial charge is 0.387 e. The van der Waals surface area contributed by atoms with Crippen LogP contribution in [0.2, 0.25) is 0 Å². The number of halogens is 3. The van der Waals surface area contributed by atoms with E-state index in [4.69, 9.17) is 4.74 Å². The lowest BCUT2D eigenvalue weighted by atomic mass is 10.0. The first-order chi connectivity index (χ1) is 11.7. The summed E-state index contributed by atoms with van der Waals surface area (Å²) in [6, 6.07) is 4.70. The Balaban J connectivity index is 0.00000625. The molecule has 0 fully saturated rings. The van der Waals surface area contributed by atoms with Gasteiger partial charge in [-0.2, -0.15) is 8.78 Å². The fourth-order valence-corrected chi connectivity index (χ4v) is 1.89. The lowest BCUT2D eigenvalue weighted by Crippen LogP contribution is -2.50. The van der Waals surface area contributed by atoms with Crippen molar-refractivity contribution in [2.45, 2.75) is 32.5 Å². The summed E-state index contributed by atoms with van der Waals surface area (Å²) in [4.78, 5) is 6.26. The van der Waals surface area contributed by atoms with Crippen LogP contribution in [0.1, 0.15) is 19.4 Å². The van der Waals surface area contributed by atoms with Gasteiger partial charge in [0, 0.05) is 31.2 Å². The number of hydrogen-bond acceptors (Lipinski definition) is 4. The van der Waals surface area contributed by atoms with Crippen molar-refractivity contribution in [2.75, 3.05) is 34.8 Å². The van der Waals surface area contributed by atoms with E-state index in [0.717, 1.165) is 0 Å². The molecule has 150 valence electrons. The fraction of sp³-hybridized carbons (Fsp3) is 0.588. The number of aliphatic imine (C=N–C) groups is 1. The van der Waals surface area contributed by atoms with Crippen LogP contribution in [0.3, 0.4) is 0 Å². The molecule has 0 saturated heterocycles. The normalized spacial score (nSPS) is 12.0. The van der Waals surface area contributed by atoms with E-state index in [-0.39, 0.29) is 41.8 Å². The van der Waals surface area contributed by atoms with Crippen molar-refractivity contribution in [2.24, 2.45) is 4.99 Å². The van der Waals surface area contributed by atoms with Crippen molar-refractivity contribution < 1.29 is 18.3 Å². The molecule has 0 atom stereocenters. The molecule has 26 heavy (non-hydrogen) atoms. The zero-order valence-corrected chi connectivity index (χ0v) is 18.4. The quantitative estimate of drug-likeness (QED) is 0.336. The first-order valence-electron chi connectivity index (χ1n) is 7.93. The maximum atomic E-state index is 12.6. The third-order valence-electron chi connectivity index (χ3n) is 4.05. The predicted molar refractivity (Wildman–Crippen MR) is 111 cm³/mol. The van der Waals surface area contributed by atoms with Crippen molar-refractivity contribution >= 4 is 29.9 Å². The molecule has 9 heteroatoms. The second-order valence-corrected chi connectivity index (χ2v) is 6.34. The molecule has 0 unspecified atom stereocenters. The number of likely N-dealkylation sites (N-methyl/N-ethyl adjacent to an activating group) is 1. The molecule has 2 N–H and O–H groups in total. The predicted octanol–water partition coefficient (Wildman–Crippen LogP) is 2.92. The van der Waals surface area contributed by atoms with E-state index in [2.05, 4.69) is 39.1 Å². The largest absolute Gasteiger partial charge is 0.497 e. The number of methoxy groups -OCH3 is 1. The van der Waals surface area contributed by atoms with E-state index < -0.39 is 6.61 Å². The maximum Gasteiger partial charge on any atom is 0.387 e. The molecule has 0 aliphatic heterocycles.